The van der Waals surface area contributed by atoms with E-state index in [9.17, 15) is 4.79 Å². The van der Waals surface area contributed by atoms with Gasteiger partial charge in [-0.1, -0.05) is 20.8 Å². The average Bonchev–Trinajstić information content (AvgIpc) is 2.35. The number of amides is 1. The van der Waals surface area contributed by atoms with Crippen LogP contribution in [0.5, 0.6) is 0 Å². The molecule has 4 heteroatoms. The Morgan fingerprint density at radius 3 is 2.68 bits per heavy atom. The second-order valence-electron chi connectivity index (χ2n) is 7.38. The molecule has 0 aromatic heterocycles. The van der Waals surface area contributed by atoms with E-state index in [-0.39, 0.29) is 23.3 Å². The lowest BCUT2D eigenvalue weighted by atomic mass is 9.46. The summed E-state index contributed by atoms with van der Waals surface area (Å²) in [6.45, 7) is 7.17. The molecule has 0 aromatic carbocycles. The summed E-state index contributed by atoms with van der Waals surface area (Å²) in [5.41, 5.74) is 5.53. The second kappa shape index (κ2) is 4.19. The summed E-state index contributed by atoms with van der Waals surface area (Å²) >= 11 is 0. The predicted octanol–water partition coefficient (Wildman–Crippen LogP) is 1.43. The maximum absolute atomic E-state index is 12.6. The molecule has 4 nitrogen and oxygen atoms in total. The SMILES string of the molecule is CC1CC(NC(=O)C2(N)C3CCCOC3C2(C)C)C1. The first kappa shape index (κ1) is 13.4. The lowest BCUT2D eigenvalue weighted by molar-refractivity contribution is -0.225. The van der Waals surface area contributed by atoms with Crippen molar-refractivity contribution in [2.24, 2.45) is 23.0 Å². The zero-order chi connectivity index (χ0) is 13.8. The van der Waals surface area contributed by atoms with Crippen LogP contribution in [0.4, 0.5) is 0 Å². The monoisotopic (exact) mass is 266 g/mol. The number of nitrogens with two attached hydrogens (primary N) is 1. The minimum atomic E-state index is -0.753. The Morgan fingerprint density at radius 1 is 1.37 bits per heavy atom. The smallest absolute Gasteiger partial charge is 0.241 e. The quantitative estimate of drug-likeness (QED) is 0.795. The molecule has 1 heterocycles. The Labute approximate surface area is 115 Å². The van der Waals surface area contributed by atoms with E-state index in [0.717, 1.165) is 38.2 Å². The third kappa shape index (κ3) is 1.69. The lowest BCUT2D eigenvalue weighted by Crippen LogP contribution is -2.82. The fraction of sp³-hybridized carbons (Fsp3) is 0.933. The van der Waals surface area contributed by atoms with Crippen molar-refractivity contribution in [1.29, 1.82) is 0 Å². The summed E-state index contributed by atoms with van der Waals surface area (Å²) in [5.74, 6) is 0.967. The van der Waals surface area contributed by atoms with Crippen molar-refractivity contribution in [3.05, 3.63) is 0 Å². The molecule has 0 spiro atoms. The molecule has 0 radical (unpaired) electrons. The van der Waals surface area contributed by atoms with Crippen LogP contribution in [0.25, 0.3) is 0 Å². The molecule has 3 aliphatic rings. The second-order valence-corrected chi connectivity index (χ2v) is 7.38. The van der Waals surface area contributed by atoms with Gasteiger partial charge in [-0.05, 0) is 31.6 Å². The molecule has 3 atom stereocenters. The molecule has 3 N–H and O–H groups in total. The van der Waals surface area contributed by atoms with E-state index in [1.807, 2.05) is 0 Å². The molecular weight excluding hydrogens is 240 g/mol. The van der Waals surface area contributed by atoms with Gasteiger partial charge >= 0.3 is 0 Å². The highest BCUT2D eigenvalue weighted by molar-refractivity contribution is 5.89. The van der Waals surface area contributed by atoms with Crippen molar-refractivity contribution in [2.75, 3.05) is 6.61 Å². The molecule has 108 valence electrons. The molecule has 3 unspecified atom stereocenters. The highest BCUT2D eigenvalue weighted by Gasteiger charge is 2.70. The Hall–Kier alpha value is -0.610. The minimum Gasteiger partial charge on any atom is -0.377 e. The van der Waals surface area contributed by atoms with Gasteiger partial charge in [0.05, 0.1) is 6.10 Å². The van der Waals surface area contributed by atoms with Gasteiger partial charge in [-0.3, -0.25) is 4.79 Å². The zero-order valence-corrected chi connectivity index (χ0v) is 12.2. The molecule has 3 rings (SSSR count). The molecule has 0 bridgehead atoms. The van der Waals surface area contributed by atoms with Crippen molar-refractivity contribution in [3.63, 3.8) is 0 Å². The Balaban J connectivity index is 1.72. The van der Waals surface area contributed by atoms with Crippen LogP contribution in [0.2, 0.25) is 0 Å². The lowest BCUT2D eigenvalue weighted by Gasteiger charge is -2.65. The van der Waals surface area contributed by atoms with Gasteiger partial charge in [0.1, 0.15) is 5.54 Å². The number of ether oxygens (including phenoxy) is 1. The Bertz CT molecular complexity index is 390. The first-order valence-corrected chi connectivity index (χ1v) is 7.59. The molecule has 3 fully saturated rings. The topological polar surface area (TPSA) is 64.4 Å². The van der Waals surface area contributed by atoms with Crippen LogP contribution in [0.3, 0.4) is 0 Å². The highest BCUT2D eigenvalue weighted by atomic mass is 16.5. The van der Waals surface area contributed by atoms with Crippen molar-refractivity contribution in [1.82, 2.24) is 5.32 Å². The van der Waals surface area contributed by atoms with E-state index in [1.54, 1.807) is 0 Å². The first-order valence-electron chi connectivity index (χ1n) is 7.59. The largest absolute Gasteiger partial charge is 0.377 e. The standard InChI is InChI=1S/C15H26N2O2/c1-9-7-10(8-9)17-13(18)15(16)11-5-4-6-19-12(11)14(15,2)3/h9-12H,4-8,16H2,1-3H3,(H,17,18). The van der Waals surface area contributed by atoms with Gasteiger partial charge in [-0.15, -0.1) is 0 Å². The van der Waals surface area contributed by atoms with Crippen LogP contribution in [0.1, 0.15) is 46.5 Å². The third-order valence-corrected chi connectivity index (χ3v) is 5.77. The number of hydrogen-bond acceptors (Lipinski definition) is 3. The van der Waals surface area contributed by atoms with E-state index >= 15 is 0 Å². The third-order valence-electron chi connectivity index (χ3n) is 5.77. The number of hydrogen-bond donors (Lipinski definition) is 2. The Kier molecular flexibility index (Phi) is 2.95. The number of carbonyl (C=O) groups is 1. The van der Waals surface area contributed by atoms with Gasteiger partial charge in [-0.2, -0.15) is 0 Å². The summed E-state index contributed by atoms with van der Waals surface area (Å²) in [7, 11) is 0. The number of nitrogens with one attached hydrogen (secondary N) is 1. The van der Waals surface area contributed by atoms with E-state index < -0.39 is 5.54 Å². The van der Waals surface area contributed by atoms with Crippen LogP contribution in [-0.2, 0) is 9.53 Å². The summed E-state index contributed by atoms with van der Waals surface area (Å²) < 4.78 is 5.84. The maximum atomic E-state index is 12.6. The molecule has 2 saturated carbocycles. The fourth-order valence-electron chi connectivity index (χ4n) is 4.36. The average molecular weight is 266 g/mol. The highest BCUT2D eigenvalue weighted by Crippen LogP contribution is 2.57. The van der Waals surface area contributed by atoms with Crippen LogP contribution >= 0.6 is 0 Å². The van der Waals surface area contributed by atoms with Crippen LogP contribution in [0.15, 0.2) is 0 Å². The maximum Gasteiger partial charge on any atom is 0.241 e. The van der Waals surface area contributed by atoms with Gasteiger partial charge in [-0.25, -0.2) is 0 Å². The molecule has 0 aromatic rings. The van der Waals surface area contributed by atoms with Gasteiger partial charge in [0.25, 0.3) is 0 Å². The van der Waals surface area contributed by atoms with Crippen LogP contribution in [0, 0.1) is 17.3 Å². The first-order chi connectivity index (χ1) is 8.87. The minimum absolute atomic E-state index is 0.0427. The summed E-state index contributed by atoms with van der Waals surface area (Å²) in [6, 6.07) is 0.335. The summed E-state index contributed by atoms with van der Waals surface area (Å²) in [5, 5.41) is 3.16. The van der Waals surface area contributed by atoms with Gasteiger partial charge in [0, 0.05) is 24.0 Å². The number of rotatable bonds is 2. The van der Waals surface area contributed by atoms with Crippen molar-refractivity contribution >= 4 is 5.91 Å². The van der Waals surface area contributed by atoms with Gasteiger partial charge in [0.15, 0.2) is 0 Å². The van der Waals surface area contributed by atoms with Gasteiger partial charge < -0.3 is 15.8 Å². The molecule has 1 amide bonds. The van der Waals surface area contributed by atoms with Gasteiger partial charge in [0.2, 0.25) is 5.91 Å². The van der Waals surface area contributed by atoms with E-state index in [0.29, 0.717) is 6.04 Å². The normalized spacial score (nSPS) is 47.6. The van der Waals surface area contributed by atoms with Crippen molar-refractivity contribution in [3.8, 4) is 0 Å². The number of carbonyl (C=O) groups excluding carboxylic acids is 1. The van der Waals surface area contributed by atoms with Crippen molar-refractivity contribution in [2.45, 2.75) is 64.1 Å². The van der Waals surface area contributed by atoms with Crippen molar-refractivity contribution < 1.29 is 9.53 Å². The summed E-state index contributed by atoms with van der Waals surface area (Å²) in [4.78, 5) is 12.6. The van der Waals surface area contributed by atoms with Crippen LogP contribution in [-0.4, -0.2) is 30.2 Å². The van der Waals surface area contributed by atoms with E-state index in [2.05, 4.69) is 26.1 Å². The zero-order valence-electron chi connectivity index (χ0n) is 12.2. The van der Waals surface area contributed by atoms with Crippen LogP contribution < -0.4 is 11.1 Å². The fourth-order valence-corrected chi connectivity index (χ4v) is 4.36. The molecular formula is C15H26N2O2. The number of fused-ring (bicyclic) bond motifs is 1. The van der Waals surface area contributed by atoms with E-state index in [4.69, 9.17) is 10.5 Å². The summed E-state index contributed by atoms with van der Waals surface area (Å²) in [6.07, 6.45) is 4.36. The molecule has 1 saturated heterocycles. The Morgan fingerprint density at radius 2 is 2.05 bits per heavy atom. The predicted molar refractivity (Wildman–Crippen MR) is 73.5 cm³/mol. The molecule has 1 aliphatic heterocycles. The molecule has 19 heavy (non-hydrogen) atoms. The van der Waals surface area contributed by atoms with E-state index in [1.165, 1.54) is 0 Å². The molecule has 2 aliphatic carbocycles.